The van der Waals surface area contributed by atoms with Crippen LogP contribution in [0.5, 0.6) is 5.75 Å². The smallest absolute Gasteiger partial charge is 1.00 e. The van der Waals surface area contributed by atoms with Crippen molar-refractivity contribution in [2.24, 2.45) is 10.2 Å². The fraction of sp³-hybridized carbons (Fsp3) is 0.136. The minimum atomic E-state index is -5.15. The molecule has 0 aliphatic carbocycles. The van der Waals surface area contributed by atoms with Crippen molar-refractivity contribution in [3.05, 3.63) is 60.4 Å². The number of nitrogens with one attached hydrogen (secondary N) is 3. The van der Waals surface area contributed by atoms with Crippen LogP contribution in [0, 0.1) is 0 Å². The van der Waals surface area contributed by atoms with Crippen molar-refractivity contribution < 1.29 is 126 Å². The maximum atomic E-state index is 13.3. The molecule has 14 nitrogen and oxygen atoms in total. The molecule has 0 spiro atoms. The molecule has 1 unspecified atom stereocenters. The van der Waals surface area contributed by atoms with E-state index in [0.29, 0.717) is 16.9 Å². The van der Waals surface area contributed by atoms with E-state index in [2.05, 4.69) is 29.9 Å². The molecule has 1 aliphatic rings. The van der Waals surface area contributed by atoms with E-state index in [4.69, 9.17) is 0 Å². The van der Waals surface area contributed by atoms with Gasteiger partial charge >= 0.3 is 65.2 Å². The Balaban J connectivity index is 0.00000323. The van der Waals surface area contributed by atoms with Gasteiger partial charge in [-0.2, -0.15) is 9.45 Å². The Morgan fingerprint density at radius 2 is 1.77 bits per heavy atom. The normalized spacial score (nSPS) is 14.9. The van der Waals surface area contributed by atoms with Gasteiger partial charge in [-0.1, -0.05) is 0 Å². The average Bonchev–Trinajstić information content (AvgIpc) is 2.90. The van der Waals surface area contributed by atoms with Gasteiger partial charge in [0.25, 0.3) is 0 Å². The first kappa shape index (κ1) is 40.6. The second-order valence-electron chi connectivity index (χ2n) is 8.13. The molecular weight excluding hydrogens is 694 g/mol. The number of alkyl halides is 1. The molecule has 0 bridgehead atoms. The number of hydrogen-bond acceptors (Lipinski definition) is 14. The topological polar surface area (TPSA) is 216 Å². The van der Waals surface area contributed by atoms with Crippen molar-refractivity contribution in [2.75, 3.05) is 12.3 Å². The summed E-state index contributed by atoms with van der Waals surface area (Å²) in [5.41, 5.74) is -0.582. The number of rotatable bonds is 11. The van der Waals surface area contributed by atoms with E-state index in [1.54, 1.807) is 0 Å². The number of amidine groups is 1. The van der Waals surface area contributed by atoms with Gasteiger partial charge in [0.15, 0.2) is 15.6 Å². The van der Waals surface area contributed by atoms with Crippen molar-refractivity contribution in [1.29, 1.82) is 0 Å². The zero-order valence-corrected chi connectivity index (χ0v) is 29.9. The van der Waals surface area contributed by atoms with Crippen molar-refractivity contribution in [1.82, 2.24) is 10.6 Å². The minimum absolute atomic E-state index is 0. The van der Waals surface area contributed by atoms with Gasteiger partial charge in [0.05, 0.1) is 45.9 Å². The van der Waals surface area contributed by atoms with E-state index < -0.39 is 54.4 Å². The number of nitrogens with zero attached hydrogens (tertiary/aromatic N) is 2. The van der Waals surface area contributed by atoms with Crippen LogP contribution in [0.4, 0.5) is 20.2 Å². The fourth-order valence-electron chi connectivity index (χ4n) is 3.60. The Bertz CT molecular complexity index is 1790. The van der Waals surface area contributed by atoms with Gasteiger partial charge in [-0.15, -0.1) is 9.50 Å². The first-order valence-electron chi connectivity index (χ1n) is 11.2. The SMILES string of the molecule is O=S(=O)([O-])c1cc2cc(SOO[O-])ccc2c(O)c1N=Nc1ccc(S(=O)(=O)CCNC2=CC(F)NC(F)=[NH+]2)cc1.[Cl-].[Na+].[Na+]. The van der Waals surface area contributed by atoms with Crippen LogP contribution in [-0.4, -0.2) is 51.2 Å². The van der Waals surface area contributed by atoms with Crippen LogP contribution in [-0.2, 0) is 29.3 Å². The summed E-state index contributed by atoms with van der Waals surface area (Å²) < 4.78 is 91.7. The van der Waals surface area contributed by atoms with Crippen LogP contribution >= 0.6 is 12.0 Å². The molecule has 226 valence electrons. The number of phenolic OH excluding ortho intramolecular Hbond substituents is 1. The standard InChI is InChI=1S/C22H19F2N5O9S3.ClH.2Na/c23-18-11-19(27-22(24)26-18)25-7-8-40(32,33)15-4-1-13(2-5-15)28-29-20-17(41(34,35)36)10-12-9-14(39-38-37-31)3-6-16(12)21(20)30;;;/h1-6,9-11,18,25,30-31H,7-8H2,(H,26,27)(H,34,35,36);1H;;/q;;2*+1/p-2. The number of fused-ring (bicyclic) bond motifs is 1. The molecule has 0 fully saturated rings. The molecule has 44 heavy (non-hydrogen) atoms. The van der Waals surface area contributed by atoms with Gasteiger partial charge in [0.1, 0.15) is 15.8 Å². The molecule has 0 aromatic heterocycles. The number of hydrogen-bond donors (Lipinski definition) is 4. The van der Waals surface area contributed by atoms with E-state index in [9.17, 15) is 40.5 Å². The monoisotopic (exact) mass is 711 g/mol. The average molecular weight is 712 g/mol. The van der Waals surface area contributed by atoms with Gasteiger partial charge in [-0.25, -0.2) is 31.5 Å². The molecule has 0 saturated heterocycles. The summed E-state index contributed by atoms with van der Waals surface area (Å²) in [6, 6.07) is 9.99. The molecule has 1 atom stereocenters. The van der Waals surface area contributed by atoms with Crippen molar-refractivity contribution in [3.63, 3.8) is 0 Å². The summed E-state index contributed by atoms with van der Waals surface area (Å²) >= 11 is 0.512. The van der Waals surface area contributed by atoms with Crippen LogP contribution in [0.3, 0.4) is 0 Å². The predicted octanol–water partition coefficient (Wildman–Crippen LogP) is -8.38. The van der Waals surface area contributed by atoms with Gasteiger partial charge in [0.2, 0.25) is 12.1 Å². The van der Waals surface area contributed by atoms with Crippen molar-refractivity contribution in [2.45, 2.75) is 21.0 Å². The van der Waals surface area contributed by atoms with Crippen molar-refractivity contribution in [3.8, 4) is 5.75 Å². The Morgan fingerprint density at radius 3 is 2.39 bits per heavy atom. The number of phenols is 1. The predicted molar refractivity (Wildman–Crippen MR) is 135 cm³/mol. The van der Waals surface area contributed by atoms with Crippen LogP contribution in [0.25, 0.3) is 10.8 Å². The van der Waals surface area contributed by atoms with Gasteiger partial charge in [-0.05, 0) is 53.9 Å². The molecule has 22 heteroatoms. The maximum Gasteiger partial charge on any atom is 1.00 e. The quantitative estimate of drug-likeness (QED) is 0.0278. The van der Waals surface area contributed by atoms with Crippen LogP contribution in [0.2, 0.25) is 0 Å². The minimum Gasteiger partial charge on any atom is -1.00 e. The summed E-state index contributed by atoms with van der Waals surface area (Å²) in [7, 11) is -8.98. The van der Waals surface area contributed by atoms with Crippen LogP contribution < -0.4 is 92.4 Å². The van der Waals surface area contributed by atoms with Gasteiger partial charge in [0, 0.05) is 10.3 Å². The van der Waals surface area contributed by atoms with Crippen LogP contribution in [0.15, 0.2) is 85.3 Å². The Morgan fingerprint density at radius 1 is 1.09 bits per heavy atom. The third kappa shape index (κ3) is 10.6. The summed E-state index contributed by atoms with van der Waals surface area (Å²) in [6.45, 7) is -0.171. The molecule has 1 heterocycles. The number of halogens is 3. The molecular formula is C22H18ClF2N5Na2O9S3. The Labute approximate surface area is 304 Å². The number of sulfone groups is 1. The van der Waals surface area contributed by atoms with E-state index in [0.717, 1.165) is 12.1 Å². The second-order valence-corrected chi connectivity index (χ2v) is 12.4. The van der Waals surface area contributed by atoms with Crippen molar-refractivity contribution >= 4 is 60.2 Å². The zero-order chi connectivity index (χ0) is 29.8. The van der Waals surface area contributed by atoms with E-state index in [1.165, 1.54) is 42.5 Å². The molecule has 0 saturated carbocycles. The Kier molecular flexibility index (Phi) is 16.1. The summed E-state index contributed by atoms with van der Waals surface area (Å²) in [5.74, 6) is -1.14. The summed E-state index contributed by atoms with van der Waals surface area (Å²) in [5, 5.41) is 36.2. The van der Waals surface area contributed by atoms with Gasteiger partial charge < -0.3 is 32.6 Å². The first-order chi connectivity index (χ1) is 19.4. The number of azo groups is 1. The first-order valence-corrected chi connectivity index (χ1v) is 15.0. The van der Waals surface area contributed by atoms with E-state index >= 15 is 0 Å². The summed E-state index contributed by atoms with van der Waals surface area (Å²) in [4.78, 5) is 1.49. The fourth-order valence-corrected chi connectivity index (χ4v) is 5.80. The van der Waals surface area contributed by atoms with E-state index in [-0.39, 0.29) is 105 Å². The second kappa shape index (κ2) is 17.5. The van der Waals surface area contributed by atoms with E-state index in [1.807, 2.05) is 5.32 Å². The maximum absolute atomic E-state index is 13.3. The third-order valence-corrected chi connectivity index (χ3v) is 8.57. The molecule has 4 rings (SSSR count). The molecule has 4 N–H and O–H groups in total. The van der Waals surface area contributed by atoms with Gasteiger partial charge in [-0.3, -0.25) is 5.04 Å². The zero-order valence-electron chi connectivity index (χ0n) is 22.7. The molecule has 3 aromatic carbocycles. The van der Waals surface area contributed by atoms with Crippen LogP contribution in [0.1, 0.15) is 0 Å². The number of aromatic hydroxyl groups is 1. The number of benzene rings is 3. The molecule has 0 amide bonds. The summed E-state index contributed by atoms with van der Waals surface area (Å²) in [6.07, 6.45) is -1.82. The molecule has 1 aliphatic heterocycles. The third-order valence-electron chi connectivity index (χ3n) is 5.42. The Hall–Kier alpha value is -1.43. The largest absolute Gasteiger partial charge is 1.00 e. The molecule has 0 radical (unpaired) electrons. The molecule has 3 aromatic rings.